The van der Waals surface area contributed by atoms with Gasteiger partial charge in [0, 0.05) is 14.7 Å². The van der Waals surface area contributed by atoms with Crippen molar-refractivity contribution in [3.8, 4) is 17.2 Å². The molecule has 0 atom stereocenters. The van der Waals surface area contributed by atoms with Crippen molar-refractivity contribution in [2.24, 2.45) is 5.10 Å². The molecule has 0 heterocycles. The molecule has 0 radical (unpaired) electrons. The van der Waals surface area contributed by atoms with Gasteiger partial charge in [0.05, 0.1) is 6.21 Å². The summed E-state index contributed by atoms with van der Waals surface area (Å²) >= 11 is 2.14. The smallest absolute Gasteiger partial charge is 0.271 e. The lowest BCUT2D eigenvalue weighted by molar-refractivity contribution is 0.0954. The Morgan fingerprint density at radius 1 is 1.14 bits per heavy atom. The molecule has 1 amide bonds. The molecule has 0 saturated carbocycles. The summed E-state index contributed by atoms with van der Waals surface area (Å²) < 4.78 is 0.980. The van der Waals surface area contributed by atoms with Gasteiger partial charge in [0.2, 0.25) is 0 Å². The molecular weight excluding hydrogens is 387 g/mol. The molecule has 4 N–H and O–H groups in total. The van der Waals surface area contributed by atoms with Crippen LogP contribution in [0.15, 0.2) is 41.5 Å². The number of aromatic hydroxyl groups is 3. The van der Waals surface area contributed by atoms with Crippen molar-refractivity contribution < 1.29 is 20.1 Å². The molecule has 0 aliphatic carbocycles. The lowest BCUT2D eigenvalue weighted by Gasteiger charge is -2.04. The van der Waals surface area contributed by atoms with Crippen LogP contribution in [0.3, 0.4) is 0 Å². The van der Waals surface area contributed by atoms with Crippen LogP contribution in [0.4, 0.5) is 0 Å². The Morgan fingerprint density at radius 2 is 1.76 bits per heavy atom. The third-order valence-corrected chi connectivity index (χ3v) is 3.59. The van der Waals surface area contributed by atoms with Gasteiger partial charge in [0.25, 0.3) is 5.91 Å². The minimum atomic E-state index is -0.672. The van der Waals surface area contributed by atoms with Gasteiger partial charge in [-0.2, -0.15) is 5.10 Å². The molecule has 0 aromatic heterocycles. The number of carbonyl (C=O) groups is 1. The van der Waals surface area contributed by atoms with E-state index in [1.807, 2.05) is 24.3 Å². The van der Waals surface area contributed by atoms with Crippen LogP contribution in [0.25, 0.3) is 0 Å². The molecule has 0 aliphatic heterocycles. The minimum absolute atomic E-state index is 0.0253. The van der Waals surface area contributed by atoms with Gasteiger partial charge >= 0.3 is 0 Å². The number of hydrogen-bond donors (Lipinski definition) is 4. The van der Waals surface area contributed by atoms with Gasteiger partial charge in [0.15, 0.2) is 17.2 Å². The van der Waals surface area contributed by atoms with Crippen molar-refractivity contribution in [3.05, 3.63) is 51.1 Å². The van der Waals surface area contributed by atoms with Gasteiger partial charge in [-0.25, -0.2) is 5.43 Å². The number of rotatable bonds is 3. The summed E-state index contributed by atoms with van der Waals surface area (Å²) in [5, 5.41) is 31.7. The first-order valence-corrected chi connectivity index (χ1v) is 6.90. The number of halogens is 1. The fraction of sp³-hybridized carbons (Fsp3) is 0. The average Bonchev–Trinajstić information content (AvgIpc) is 2.46. The monoisotopic (exact) mass is 398 g/mol. The van der Waals surface area contributed by atoms with E-state index in [1.165, 1.54) is 6.21 Å². The second kappa shape index (κ2) is 6.44. The van der Waals surface area contributed by atoms with E-state index in [1.54, 1.807) is 0 Å². The Morgan fingerprint density at radius 3 is 2.38 bits per heavy atom. The predicted molar refractivity (Wildman–Crippen MR) is 85.7 cm³/mol. The quantitative estimate of drug-likeness (QED) is 0.276. The lowest BCUT2D eigenvalue weighted by atomic mass is 10.2. The second-order valence-corrected chi connectivity index (χ2v) is 5.25. The maximum Gasteiger partial charge on any atom is 0.271 e. The number of carbonyl (C=O) groups excluding carboxylic acids is 1. The highest BCUT2D eigenvalue weighted by Gasteiger charge is 2.12. The van der Waals surface area contributed by atoms with E-state index in [0.29, 0.717) is 0 Å². The van der Waals surface area contributed by atoms with Gasteiger partial charge in [0.1, 0.15) is 0 Å². The van der Waals surface area contributed by atoms with Gasteiger partial charge in [-0.15, -0.1) is 0 Å². The SMILES string of the molecule is O=C(N/N=C/c1ccccc1I)c1cc(O)c(O)c(O)c1. The first-order valence-electron chi connectivity index (χ1n) is 5.82. The van der Waals surface area contributed by atoms with E-state index in [4.69, 9.17) is 0 Å². The molecular formula is C14H11IN2O4. The van der Waals surface area contributed by atoms with Gasteiger partial charge in [-0.1, -0.05) is 18.2 Å². The molecule has 0 saturated heterocycles. The van der Waals surface area contributed by atoms with Crippen molar-refractivity contribution in [2.45, 2.75) is 0 Å². The zero-order valence-corrected chi connectivity index (χ0v) is 12.8. The van der Waals surface area contributed by atoms with Crippen molar-refractivity contribution >= 4 is 34.7 Å². The summed E-state index contributed by atoms with van der Waals surface area (Å²) in [6, 6.07) is 9.55. The molecule has 0 bridgehead atoms. The van der Waals surface area contributed by atoms with Crippen molar-refractivity contribution in [1.29, 1.82) is 0 Å². The standard InChI is InChI=1S/C14H11IN2O4/c15-10-4-2-1-3-8(10)7-16-17-14(21)9-5-11(18)13(20)12(19)6-9/h1-7,18-20H,(H,17,21)/b16-7+. The van der Waals surface area contributed by atoms with E-state index in [0.717, 1.165) is 21.3 Å². The zero-order valence-electron chi connectivity index (χ0n) is 10.6. The fourth-order valence-corrected chi connectivity index (χ4v) is 2.07. The molecule has 0 fully saturated rings. The number of nitrogens with one attached hydrogen (secondary N) is 1. The maximum absolute atomic E-state index is 11.8. The van der Waals surface area contributed by atoms with Gasteiger partial charge in [-0.05, 0) is 40.8 Å². The highest BCUT2D eigenvalue weighted by Crippen LogP contribution is 2.35. The van der Waals surface area contributed by atoms with Crippen LogP contribution in [0.1, 0.15) is 15.9 Å². The molecule has 2 rings (SSSR count). The van der Waals surface area contributed by atoms with Crippen molar-refractivity contribution in [3.63, 3.8) is 0 Å². The van der Waals surface area contributed by atoms with Gasteiger partial charge in [-0.3, -0.25) is 4.79 Å². The molecule has 0 unspecified atom stereocenters. The number of hydrazone groups is 1. The van der Waals surface area contributed by atoms with E-state index in [2.05, 4.69) is 33.1 Å². The summed E-state index contributed by atoms with van der Waals surface area (Å²) in [4.78, 5) is 11.8. The zero-order chi connectivity index (χ0) is 15.4. The van der Waals surface area contributed by atoms with Crippen LogP contribution in [0.2, 0.25) is 0 Å². The molecule has 0 aliphatic rings. The topological polar surface area (TPSA) is 102 Å². The van der Waals surface area contributed by atoms with Crippen LogP contribution in [0, 0.1) is 3.57 Å². The van der Waals surface area contributed by atoms with E-state index >= 15 is 0 Å². The maximum atomic E-state index is 11.8. The summed E-state index contributed by atoms with van der Waals surface area (Å²) in [6.07, 6.45) is 1.49. The average molecular weight is 398 g/mol. The molecule has 0 spiro atoms. The first kappa shape index (κ1) is 15.1. The Kier molecular flexibility index (Phi) is 4.63. The third-order valence-electron chi connectivity index (χ3n) is 2.61. The molecule has 6 nitrogen and oxygen atoms in total. The van der Waals surface area contributed by atoms with Crippen LogP contribution in [-0.2, 0) is 0 Å². The van der Waals surface area contributed by atoms with Crippen LogP contribution in [0.5, 0.6) is 17.2 Å². The number of benzene rings is 2. The third kappa shape index (κ3) is 3.63. The number of hydrogen-bond acceptors (Lipinski definition) is 5. The predicted octanol–water partition coefficient (Wildman–Crippen LogP) is 2.17. The summed E-state index contributed by atoms with van der Waals surface area (Å²) in [7, 11) is 0. The Hall–Kier alpha value is -2.29. The van der Waals surface area contributed by atoms with Crippen LogP contribution < -0.4 is 5.43 Å². The van der Waals surface area contributed by atoms with Crippen molar-refractivity contribution in [2.75, 3.05) is 0 Å². The Bertz CT molecular complexity index is 693. The number of phenols is 3. The number of nitrogens with zero attached hydrogens (tertiary/aromatic N) is 1. The first-order chi connectivity index (χ1) is 9.99. The Balaban J connectivity index is 2.11. The normalized spacial score (nSPS) is 10.7. The fourth-order valence-electron chi connectivity index (χ4n) is 1.54. The summed E-state index contributed by atoms with van der Waals surface area (Å²) in [5.41, 5.74) is 3.09. The van der Waals surface area contributed by atoms with Crippen LogP contribution >= 0.6 is 22.6 Å². The van der Waals surface area contributed by atoms with E-state index in [9.17, 15) is 20.1 Å². The molecule has 21 heavy (non-hydrogen) atoms. The number of phenolic OH excluding ortho intramolecular Hbond substituents is 3. The van der Waals surface area contributed by atoms with Gasteiger partial charge < -0.3 is 15.3 Å². The van der Waals surface area contributed by atoms with Crippen LogP contribution in [-0.4, -0.2) is 27.4 Å². The molecule has 108 valence electrons. The van der Waals surface area contributed by atoms with E-state index < -0.39 is 23.2 Å². The second-order valence-electron chi connectivity index (χ2n) is 4.08. The Labute approximate surface area is 133 Å². The lowest BCUT2D eigenvalue weighted by Crippen LogP contribution is -2.17. The molecule has 7 heteroatoms. The van der Waals surface area contributed by atoms with E-state index in [-0.39, 0.29) is 5.56 Å². The largest absolute Gasteiger partial charge is 0.504 e. The molecule has 2 aromatic carbocycles. The highest BCUT2D eigenvalue weighted by molar-refractivity contribution is 14.1. The van der Waals surface area contributed by atoms with Crippen molar-refractivity contribution in [1.82, 2.24) is 5.43 Å². The number of amides is 1. The highest BCUT2D eigenvalue weighted by atomic mass is 127. The summed E-state index contributed by atoms with van der Waals surface area (Å²) in [5.74, 6) is -2.46. The molecule has 2 aromatic rings. The minimum Gasteiger partial charge on any atom is -0.504 e. The summed E-state index contributed by atoms with van der Waals surface area (Å²) in [6.45, 7) is 0.